The molecule has 0 fully saturated rings. The second-order valence-electron chi connectivity index (χ2n) is 4.09. The van der Waals surface area contributed by atoms with Gasteiger partial charge >= 0.3 is 0 Å². The van der Waals surface area contributed by atoms with Crippen molar-refractivity contribution in [3.8, 4) is 0 Å². The van der Waals surface area contributed by atoms with Crippen molar-refractivity contribution in [2.45, 2.75) is 20.3 Å². The molecule has 0 aliphatic carbocycles. The lowest BCUT2D eigenvalue weighted by atomic mass is 10.1. The van der Waals surface area contributed by atoms with Gasteiger partial charge in [-0.15, -0.1) is 0 Å². The minimum atomic E-state index is -0.173. The van der Waals surface area contributed by atoms with Crippen molar-refractivity contribution in [1.29, 1.82) is 0 Å². The Bertz CT molecular complexity index is 611. The molecule has 1 aromatic carbocycles. The van der Waals surface area contributed by atoms with Crippen LogP contribution in [0.1, 0.15) is 18.1 Å². The van der Waals surface area contributed by atoms with Gasteiger partial charge in [0.1, 0.15) is 5.78 Å². The van der Waals surface area contributed by atoms with Crippen LogP contribution in [0.25, 0.3) is 10.9 Å². The molecule has 0 atom stereocenters. The molecule has 1 N–H and O–H groups in total. The van der Waals surface area contributed by atoms with Crippen LogP contribution in [0.3, 0.4) is 0 Å². The lowest BCUT2D eigenvalue weighted by Gasteiger charge is -2.02. The zero-order valence-corrected chi connectivity index (χ0v) is 9.33. The number of aryl methyl sites for hydroxylation is 1. The Morgan fingerprint density at radius 1 is 1.31 bits per heavy atom. The van der Waals surface area contributed by atoms with Gasteiger partial charge in [0, 0.05) is 17.5 Å². The van der Waals surface area contributed by atoms with Gasteiger partial charge in [0.2, 0.25) is 0 Å². The molecule has 82 valence electrons. The molecule has 1 heterocycles. The van der Waals surface area contributed by atoms with Crippen LogP contribution < -0.4 is 5.56 Å². The number of fused-ring (bicyclic) bond motifs is 1. The Morgan fingerprint density at radius 2 is 2.06 bits per heavy atom. The highest BCUT2D eigenvalue weighted by atomic mass is 16.1. The molecule has 0 bridgehead atoms. The van der Waals surface area contributed by atoms with Gasteiger partial charge in [-0.05, 0) is 36.9 Å². The van der Waals surface area contributed by atoms with E-state index in [0.29, 0.717) is 5.56 Å². The number of aromatic amines is 1. The zero-order chi connectivity index (χ0) is 11.7. The minimum absolute atomic E-state index is 0.00281. The molecule has 2 rings (SSSR count). The molecule has 3 nitrogen and oxygen atoms in total. The number of rotatable bonds is 2. The Hall–Kier alpha value is -1.90. The summed E-state index contributed by atoms with van der Waals surface area (Å²) in [5, 5.41) is 0.960. The standard InChI is InChI=1S/C13H13NO2/c1-8-3-4-10-7-11(6-9(2)15)13(16)14-12(10)5-8/h3-5,7H,6H2,1-2H3,(H,14,16). The quantitative estimate of drug-likeness (QED) is 0.832. The van der Waals surface area contributed by atoms with Crippen molar-refractivity contribution in [2.24, 2.45) is 0 Å². The van der Waals surface area contributed by atoms with Gasteiger partial charge in [0.05, 0.1) is 0 Å². The summed E-state index contributed by atoms with van der Waals surface area (Å²) in [5.41, 5.74) is 2.27. The van der Waals surface area contributed by atoms with Crippen LogP contribution in [0.4, 0.5) is 0 Å². The van der Waals surface area contributed by atoms with Crippen LogP contribution in [-0.2, 0) is 11.2 Å². The number of carbonyl (C=O) groups is 1. The fourth-order valence-electron chi connectivity index (χ4n) is 1.76. The van der Waals surface area contributed by atoms with E-state index in [2.05, 4.69) is 4.98 Å². The van der Waals surface area contributed by atoms with E-state index in [-0.39, 0.29) is 17.8 Å². The highest BCUT2D eigenvalue weighted by Gasteiger charge is 2.05. The minimum Gasteiger partial charge on any atom is -0.322 e. The van der Waals surface area contributed by atoms with E-state index in [0.717, 1.165) is 16.5 Å². The lowest BCUT2D eigenvalue weighted by molar-refractivity contribution is -0.116. The molecule has 16 heavy (non-hydrogen) atoms. The lowest BCUT2D eigenvalue weighted by Crippen LogP contribution is -2.14. The smallest absolute Gasteiger partial charge is 0.252 e. The van der Waals surface area contributed by atoms with E-state index in [1.807, 2.05) is 25.1 Å². The first-order chi connectivity index (χ1) is 7.56. The molecule has 0 aliphatic rings. The second kappa shape index (κ2) is 3.93. The number of benzene rings is 1. The van der Waals surface area contributed by atoms with Crippen molar-refractivity contribution < 1.29 is 4.79 Å². The maximum atomic E-state index is 11.7. The summed E-state index contributed by atoms with van der Waals surface area (Å²) in [6, 6.07) is 7.64. The Kier molecular flexibility index (Phi) is 2.60. The third kappa shape index (κ3) is 2.03. The van der Waals surface area contributed by atoms with E-state index in [1.54, 1.807) is 6.07 Å². The summed E-state index contributed by atoms with van der Waals surface area (Å²) >= 11 is 0. The Morgan fingerprint density at radius 3 is 2.75 bits per heavy atom. The van der Waals surface area contributed by atoms with Crippen molar-refractivity contribution in [1.82, 2.24) is 4.98 Å². The molecule has 0 saturated heterocycles. The van der Waals surface area contributed by atoms with Gasteiger partial charge in [-0.1, -0.05) is 12.1 Å². The summed E-state index contributed by atoms with van der Waals surface area (Å²) in [7, 11) is 0. The average Bonchev–Trinajstić information content (AvgIpc) is 2.19. The van der Waals surface area contributed by atoms with Gasteiger partial charge in [0.25, 0.3) is 5.56 Å². The summed E-state index contributed by atoms with van der Waals surface area (Å²) in [5.74, 6) is -0.00281. The topological polar surface area (TPSA) is 49.9 Å². The van der Waals surface area contributed by atoms with E-state index in [9.17, 15) is 9.59 Å². The number of hydrogen-bond acceptors (Lipinski definition) is 2. The number of nitrogens with one attached hydrogen (secondary N) is 1. The highest BCUT2D eigenvalue weighted by Crippen LogP contribution is 2.13. The molecule has 0 unspecified atom stereocenters. The van der Waals surface area contributed by atoms with E-state index < -0.39 is 0 Å². The van der Waals surface area contributed by atoms with Crippen LogP contribution in [-0.4, -0.2) is 10.8 Å². The average molecular weight is 215 g/mol. The molecule has 0 aliphatic heterocycles. The van der Waals surface area contributed by atoms with E-state index in [1.165, 1.54) is 6.92 Å². The maximum absolute atomic E-state index is 11.7. The third-order valence-corrected chi connectivity index (χ3v) is 2.52. The predicted molar refractivity (Wildman–Crippen MR) is 63.7 cm³/mol. The molecule has 1 aromatic heterocycles. The number of H-pyrrole nitrogens is 1. The van der Waals surface area contributed by atoms with Crippen LogP contribution in [0.15, 0.2) is 29.1 Å². The number of hydrogen-bond donors (Lipinski definition) is 1. The van der Waals surface area contributed by atoms with Crippen LogP contribution in [0.2, 0.25) is 0 Å². The predicted octanol–water partition coefficient (Wildman–Crippen LogP) is 1.97. The van der Waals surface area contributed by atoms with Gasteiger partial charge in [0.15, 0.2) is 0 Å². The molecule has 0 saturated carbocycles. The van der Waals surface area contributed by atoms with Crippen molar-refractivity contribution in [3.63, 3.8) is 0 Å². The normalized spacial score (nSPS) is 10.6. The summed E-state index contributed by atoms with van der Waals surface area (Å²) in [6.07, 6.45) is 0.194. The summed E-state index contributed by atoms with van der Waals surface area (Å²) in [6.45, 7) is 3.46. The molecular weight excluding hydrogens is 202 g/mol. The van der Waals surface area contributed by atoms with Crippen molar-refractivity contribution in [2.75, 3.05) is 0 Å². The van der Waals surface area contributed by atoms with Gasteiger partial charge in [-0.2, -0.15) is 0 Å². The first kappa shape index (κ1) is 10.6. The first-order valence-corrected chi connectivity index (χ1v) is 5.18. The Labute approximate surface area is 93.1 Å². The third-order valence-electron chi connectivity index (χ3n) is 2.52. The summed E-state index contributed by atoms with van der Waals surface area (Å²) in [4.78, 5) is 25.5. The number of ketones is 1. The molecule has 0 spiro atoms. The van der Waals surface area contributed by atoms with Crippen LogP contribution in [0, 0.1) is 6.92 Å². The largest absolute Gasteiger partial charge is 0.322 e. The number of aromatic nitrogens is 1. The SMILES string of the molecule is CC(=O)Cc1cc2ccc(C)cc2[nH]c1=O. The monoisotopic (exact) mass is 215 g/mol. The fourth-order valence-corrected chi connectivity index (χ4v) is 1.76. The van der Waals surface area contributed by atoms with Gasteiger partial charge in [-0.3, -0.25) is 9.59 Å². The molecular formula is C13H13NO2. The molecule has 0 amide bonds. The number of Topliss-reactive ketones (excluding diaryl/α,β-unsaturated/α-hetero) is 1. The van der Waals surface area contributed by atoms with Gasteiger partial charge < -0.3 is 4.98 Å². The molecule has 3 heteroatoms. The summed E-state index contributed by atoms with van der Waals surface area (Å²) < 4.78 is 0. The maximum Gasteiger partial charge on any atom is 0.252 e. The highest BCUT2D eigenvalue weighted by molar-refractivity contribution is 5.82. The van der Waals surface area contributed by atoms with Crippen molar-refractivity contribution >= 4 is 16.7 Å². The molecule has 0 radical (unpaired) electrons. The first-order valence-electron chi connectivity index (χ1n) is 5.18. The van der Waals surface area contributed by atoms with Crippen molar-refractivity contribution in [3.05, 3.63) is 45.7 Å². The number of carbonyl (C=O) groups excluding carboxylic acids is 1. The number of pyridine rings is 1. The fraction of sp³-hybridized carbons (Fsp3) is 0.231. The zero-order valence-electron chi connectivity index (χ0n) is 9.33. The second-order valence-corrected chi connectivity index (χ2v) is 4.09. The van der Waals surface area contributed by atoms with E-state index in [4.69, 9.17) is 0 Å². The molecule has 2 aromatic rings. The van der Waals surface area contributed by atoms with E-state index >= 15 is 0 Å². The van der Waals surface area contributed by atoms with Crippen LogP contribution in [0.5, 0.6) is 0 Å². The van der Waals surface area contributed by atoms with Gasteiger partial charge in [-0.25, -0.2) is 0 Å². The van der Waals surface area contributed by atoms with Crippen LogP contribution >= 0.6 is 0 Å². The Balaban J connectivity index is 2.63.